The third kappa shape index (κ3) is 5.25. The van der Waals surface area contributed by atoms with E-state index in [0.717, 1.165) is 25.8 Å². The Kier molecular flexibility index (Phi) is 7.77. The van der Waals surface area contributed by atoms with Crippen LogP contribution < -0.4 is 15.1 Å². The second-order valence-electron chi connectivity index (χ2n) is 11.9. The fourth-order valence-corrected chi connectivity index (χ4v) is 7.06. The first-order chi connectivity index (χ1) is 21.8. The molecule has 0 spiro atoms. The van der Waals surface area contributed by atoms with Crippen LogP contribution in [0.1, 0.15) is 31.2 Å². The summed E-state index contributed by atoms with van der Waals surface area (Å²) in [5.41, 5.74) is -0.729. The van der Waals surface area contributed by atoms with Crippen molar-refractivity contribution in [3.05, 3.63) is 47.7 Å². The number of anilines is 1. The van der Waals surface area contributed by atoms with E-state index >= 15 is 4.39 Å². The van der Waals surface area contributed by atoms with Crippen LogP contribution in [0, 0.1) is 24.0 Å². The fourth-order valence-electron chi connectivity index (χ4n) is 7.06. The number of hydrogen-bond acceptors (Lipinski definition) is 9. The Morgan fingerprint density at radius 3 is 2.82 bits per heavy atom. The molecule has 0 radical (unpaired) electrons. The molecule has 2 aromatic carbocycles. The molecule has 13 heteroatoms. The van der Waals surface area contributed by atoms with Crippen molar-refractivity contribution < 1.29 is 32.7 Å². The predicted octanol–water partition coefficient (Wildman–Crippen LogP) is 2.97. The number of hydrogen-bond donors (Lipinski definition) is 2. The van der Waals surface area contributed by atoms with Crippen molar-refractivity contribution in [2.75, 3.05) is 50.9 Å². The lowest BCUT2D eigenvalue weighted by atomic mass is 9.77. The largest absolute Gasteiger partial charge is 0.488 e. The zero-order valence-electron chi connectivity index (χ0n) is 24.5. The van der Waals surface area contributed by atoms with E-state index in [-0.39, 0.29) is 45.8 Å². The minimum Gasteiger partial charge on any atom is -0.461 e. The second-order valence-corrected chi connectivity index (χ2v) is 11.9. The second kappa shape index (κ2) is 11.8. The number of ether oxygens (including phenoxy) is 2. The highest BCUT2D eigenvalue weighted by Crippen LogP contribution is 2.41. The number of terminal acetylenes is 1. The molecular weight excluding hydrogens is 586 g/mol. The number of benzene rings is 2. The molecule has 0 saturated carbocycles. The maximum absolute atomic E-state index is 16.8. The normalized spacial score (nSPS) is 22.0. The Bertz CT molecular complexity index is 1830. The molecule has 3 fully saturated rings. The summed E-state index contributed by atoms with van der Waals surface area (Å²) < 4.78 is 57.9. The van der Waals surface area contributed by atoms with Gasteiger partial charge in [-0.3, -0.25) is 9.88 Å². The zero-order valence-corrected chi connectivity index (χ0v) is 24.5. The van der Waals surface area contributed by atoms with E-state index < -0.39 is 30.5 Å². The zero-order chi connectivity index (χ0) is 31.3. The van der Waals surface area contributed by atoms with Crippen LogP contribution in [0.3, 0.4) is 0 Å². The molecule has 232 valence electrons. The Labute approximate surface area is 258 Å². The van der Waals surface area contributed by atoms with Crippen molar-refractivity contribution in [2.45, 2.75) is 37.4 Å². The molecule has 45 heavy (non-hydrogen) atoms. The van der Waals surface area contributed by atoms with Crippen molar-refractivity contribution >= 4 is 40.1 Å². The number of fused-ring (bicyclic) bond motifs is 3. The van der Waals surface area contributed by atoms with Gasteiger partial charge in [0, 0.05) is 49.8 Å². The van der Waals surface area contributed by atoms with E-state index in [1.165, 1.54) is 30.5 Å². The Balaban J connectivity index is 1.40. The van der Waals surface area contributed by atoms with Gasteiger partial charge in [-0.1, -0.05) is 24.1 Å². The third-order valence-corrected chi connectivity index (χ3v) is 9.18. The lowest BCUT2D eigenvalue weighted by Crippen LogP contribution is -2.43. The molecule has 2 aromatic heterocycles. The minimum absolute atomic E-state index is 0.0495. The minimum atomic E-state index is -1.88. The topological polar surface area (TPSA) is 104 Å². The number of halogens is 3. The summed E-state index contributed by atoms with van der Waals surface area (Å²) in [6.07, 6.45) is 8.99. The van der Waals surface area contributed by atoms with Crippen LogP contribution in [0.15, 0.2) is 30.5 Å². The van der Waals surface area contributed by atoms with Gasteiger partial charge in [0.15, 0.2) is 5.82 Å². The van der Waals surface area contributed by atoms with Gasteiger partial charge in [-0.25, -0.2) is 13.2 Å². The number of aromatic nitrogens is 3. The molecule has 0 aliphatic carbocycles. The molecule has 3 aliphatic heterocycles. The molecule has 0 bridgehead atoms. The van der Waals surface area contributed by atoms with Gasteiger partial charge in [0.25, 0.3) is 0 Å². The molecular formula is C32H31BF3N5O4. The molecule has 3 aliphatic rings. The summed E-state index contributed by atoms with van der Waals surface area (Å²) >= 11 is 0. The average molecular weight is 617 g/mol. The summed E-state index contributed by atoms with van der Waals surface area (Å²) in [6, 6.07) is 5.34. The van der Waals surface area contributed by atoms with Crippen molar-refractivity contribution in [3.8, 4) is 29.6 Å². The van der Waals surface area contributed by atoms with Crippen molar-refractivity contribution in [1.29, 1.82) is 0 Å². The lowest BCUT2D eigenvalue weighted by Gasteiger charge is -2.31. The van der Waals surface area contributed by atoms with E-state index in [0.29, 0.717) is 55.9 Å². The molecule has 3 saturated heterocycles. The van der Waals surface area contributed by atoms with Crippen molar-refractivity contribution in [1.82, 2.24) is 19.9 Å². The van der Waals surface area contributed by atoms with Gasteiger partial charge in [0.2, 0.25) is 0 Å². The van der Waals surface area contributed by atoms with Crippen LogP contribution in [-0.2, 0) is 4.74 Å². The van der Waals surface area contributed by atoms with Crippen LogP contribution in [-0.4, -0.2) is 94.7 Å². The number of rotatable bonds is 6. The summed E-state index contributed by atoms with van der Waals surface area (Å²) in [5.74, 6) is 1.24. The van der Waals surface area contributed by atoms with Gasteiger partial charge in [-0.15, -0.1) is 6.42 Å². The predicted molar refractivity (Wildman–Crippen MR) is 164 cm³/mol. The molecule has 2 N–H and O–H groups in total. The molecule has 7 rings (SSSR count). The van der Waals surface area contributed by atoms with E-state index in [2.05, 4.69) is 20.8 Å². The van der Waals surface area contributed by atoms with Crippen LogP contribution in [0.25, 0.3) is 32.9 Å². The standard InChI is InChI=1S/C32H31BF3N5O4/c1-2-22-25(35)6-5-19-13-20(33(42)43)14-23(26(19)22)28-27(36)29-24(16-37-28)30(40-8-4-11-44-12-10-40)39-31(38-29)45-18-32-7-3-9-41(32)17-21(34)15-32/h1,5-6,13-14,16,21,42-43H,3-4,7-12,15,17-18H2/t21-,32+/m1/s1. The Morgan fingerprint density at radius 2 is 2.00 bits per heavy atom. The molecule has 2 atom stereocenters. The molecule has 0 amide bonds. The summed E-state index contributed by atoms with van der Waals surface area (Å²) in [5, 5.41) is 20.9. The quantitative estimate of drug-likeness (QED) is 0.250. The number of nitrogens with zero attached hydrogens (tertiary/aromatic N) is 5. The molecule has 4 aromatic rings. The first-order valence-electron chi connectivity index (χ1n) is 15.1. The molecule has 9 nitrogen and oxygen atoms in total. The van der Waals surface area contributed by atoms with Crippen LogP contribution in [0.4, 0.5) is 19.0 Å². The summed E-state index contributed by atoms with van der Waals surface area (Å²) in [6.45, 7) is 3.45. The Morgan fingerprint density at radius 1 is 1.13 bits per heavy atom. The van der Waals surface area contributed by atoms with E-state index in [1.807, 2.05) is 4.90 Å². The molecule has 5 heterocycles. The maximum atomic E-state index is 16.8. The lowest BCUT2D eigenvalue weighted by molar-refractivity contribution is 0.107. The van der Waals surface area contributed by atoms with Gasteiger partial charge < -0.3 is 24.4 Å². The van der Waals surface area contributed by atoms with Gasteiger partial charge in [0.1, 0.15) is 35.6 Å². The highest BCUT2D eigenvalue weighted by molar-refractivity contribution is 6.59. The van der Waals surface area contributed by atoms with Crippen LogP contribution >= 0.6 is 0 Å². The van der Waals surface area contributed by atoms with Crippen LogP contribution in [0.2, 0.25) is 0 Å². The maximum Gasteiger partial charge on any atom is 0.488 e. The van der Waals surface area contributed by atoms with E-state index in [9.17, 15) is 18.8 Å². The number of pyridine rings is 1. The first kappa shape index (κ1) is 29.7. The van der Waals surface area contributed by atoms with E-state index in [4.69, 9.17) is 20.9 Å². The van der Waals surface area contributed by atoms with Crippen molar-refractivity contribution in [2.24, 2.45) is 0 Å². The highest BCUT2D eigenvalue weighted by Gasteiger charge is 2.49. The number of alkyl halides is 1. The van der Waals surface area contributed by atoms with Crippen LogP contribution in [0.5, 0.6) is 6.01 Å². The fraction of sp³-hybridized carbons (Fsp3) is 0.406. The summed E-state index contributed by atoms with van der Waals surface area (Å²) in [7, 11) is -1.88. The third-order valence-electron chi connectivity index (χ3n) is 9.18. The van der Waals surface area contributed by atoms with E-state index in [1.54, 1.807) is 0 Å². The highest BCUT2D eigenvalue weighted by atomic mass is 19.1. The Hall–Kier alpha value is -3.96. The summed E-state index contributed by atoms with van der Waals surface area (Å²) in [4.78, 5) is 17.7. The first-order valence-corrected chi connectivity index (χ1v) is 15.1. The van der Waals surface area contributed by atoms with Gasteiger partial charge >= 0.3 is 13.1 Å². The van der Waals surface area contributed by atoms with Crippen molar-refractivity contribution in [3.63, 3.8) is 0 Å². The average Bonchev–Trinajstić information content (AvgIpc) is 3.41. The van der Waals surface area contributed by atoms with Gasteiger partial charge in [-0.05, 0) is 42.7 Å². The van der Waals surface area contributed by atoms with Gasteiger partial charge in [-0.2, -0.15) is 9.97 Å². The SMILES string of the molecule is C#Cc1c(F)ccc2cc(B(O)O)cc(-c3ncc4c(N5CCCOCC5)nc(OC[C@@]56CCCN5C[C@H](F)C6)nc4c3F)c12. The van der Waals surface area contributed by atoms with Gasteiger partial charge in [0.05, 0.1) is 23.1 Å². The smallest absolute Gasteiger partial charge is 0.461 e. The monoisotopic (exact) mass is 617 g/mol. The molecule has 0 unspecified atom stereocenters.